The minimum atomic E-state index is 0.0379. The summed E-state index contributed by atoms with van der Waals surface area (Å²) in [4.78, 5) is 28.4. The summed E-state index contributed by atoms with van der Waals surface area (Å²) in [7, 11) is 2.12. The van der Waals surface area contributed by atoms with Crippen LogP contribution >= 0.6 is 0 Å². The zero-order valence-electron chi connectivity index (χ0n) is 16.6. The van der Waals surface area contributed by atoms with Crippen LogP contribution in [0.2, 0.25) is 0 Å². The van der Waals surface area contributed by atoms with E-state index in [1.165, 1.54) is 5.56 Å². The molecule has 2 saturated heterocycles. The van der Waals surface area contributed by atoms with Crippen LogP contribution in [0.15, 0.2) is 42.6 Å². The number of likely N-dealkylation sites (tertiary alicyclic amines) is 1. The van der Waals surface area contributed by atoms with Crippen molar-refractivity contribution < 1.29 is 4.79 Å². The fraction of sp³-hybridized carbons (Fsp3) is 0.500. The summed E-state index contributed by atoms with van der Waals surface area (Å²) in [6.45, 7) is 5.42. The van der Waals surface area contributed by atoms with E-state index in [4.69, 9.17) is 0 Å². The molecule has 3 heterocycles. The summed E-state index contributed by atoms with van der Waals surface area (Å²) >= 11 is 0. The smallest absolute Gasteiger partial charge is 0.272 e. The lowest BCUT2D eigenvalue weighted by atomic mass is 9.90. The number of nitrogens with zero attached hydrogens (tertiary/aromatic N) is 5. The molecule has 1 amide bonds. The van der Waals surface area contributed by atoms with Crippen molar-refractivity contribution in [3.05, 3.63) is 53.9 Å². The van der Waals surface area contributed by atoms with Gasteiger partial charge in [0.15, 0.2) is 0 Å². The molecule has 148 valence electrons. The van der Waals surface area contributed by atoms with Crippen LogP contribution in [0, 0.1) is 5.92 Å². The second-order valence-electron chi connectivity index (χ2n) is 7.96. The highest BCUT2D eigenvalue weighted by Gasteiger charge is 2.25. The van der Waals surface area contributed by atoms with Crippen molar-refractivity contribution in [1.82, 2.24) is 19.8 Å². The van der Waals surface area contributed by atoms with E-state index >= 15 is 0 Å². The van der Waals surface area contributed by atoms with Crippen molar-refractivity contribution in [2.75, 3.05) is 51.2 Å². The fourth-order valence-corrected chi connectivity index (χ4v) is 4.08. The predicted molar refractivity (Wildman–Crippen MR) is 111 cm³/mol. The van der Waals surface area contributed by atoms with Gasteiger partial charge < -0.3 is 14.7 Å². The first-order chi connectivity index (χ1) is 13.7. The molecule has 4 rings (SSSR count). The van der Waals surface area contributed by atoms with E-state index in [1.54, 1.807) is 12.3 Å². The Balaban J connectivity index is 1.34. The van der Waals surface area contributed by atoms with Crippen molar-refractivity contribution in [1.29, 1.82) is 0 Å². The zero-order chi connectivity index (χ0) is 19.3. The number of carbonyl (C=O) groups is 1. The van der Waals surface area contributed by atoms with Gasteiger partial charge in [-0.15, -0.1) is 0 Å². The maximum Gasteiger partial charge on any atom is 0.272 e. The molecule has 0 aliphatic carbocycles. The number of aromatic nitrogens is 2. The van der Waals surface area contributed by atoms with Gasteiger partial charge in [-0.05, 0) is 43.9 Å². The molecule has 1 aromatic heterocycles. The van der Waals surface area contributed by atoms with Crippen LogP contribution in [0.4, 0.5) is 5.95 Å². The van der Waals surface area contributed by atoms with E-state index in [-0.39, 0.29) is 5.91 Å². The minimum absolute atomic E-state index is 0.0379. The molecule has 0 unspecified atom stereocenters. The SMILES string of the molecule is CN1CCN(c2nccc(C(=O)N3CCC(Cc4ccccc4)CC3)n2)CC1. The Bertz CT molecular complexity index is 781. The van der Waals surface area contributed by atoms with E-state index in [0.717, 1.165) is 58.5 Å². The molecule has 6 nitrogen and oxygen atoms in total. The van der Waals surface area contributed by atoms with Crippen molar-refractivity contribution in [2.45, 2.75) is 19.3 Å². The number of piperidine rings is 1. The standard InChI is InChI=1S/C22H29N5O/c1-25-13-15-27(16-14-25)22-23-10-7-20(24-22)21(28)26-11-8-19(9-12-26)17-18-5-3-2-4-6-18/h2-7,10,19H,8-9,11-17H2,1H3. The molecule has 0 radical (unpaired) electrons. The summed E-state index contributed by atoms with van der Waals surface area (Å²) in [5.41, 5.74) is 1.91. The molecule has 2 aliphatic rings. The normalized spacial score (nSPS) is 19.0. The van der Waals surface area contributed by atoms with Gasteiger partial charge in [0.25, 0.3) is 5.91 Å². The molecule has 28 heavy (non-hydrogen) atoms. The van der Waals surface area contributed by atoms with Crippen molar-refractivity contribution >= 4 is 11.9 Å². The third-order valence-electron chi connectivity index (χ3n) is 5.92. The lowest BCUT2D eigenvalue weighted by Gasteiger charge is -2.33. The Morgan fingerprint density at radius 1 is 1.00 bits per heavy atom. The molecule has 2 aromatic rings. The van der Waals surface area contributed by atoms with E-state index in [0.29, 0.717) is 17.6 Å². The Morgan fingerprint density at radius 2 is 1.71 bits per heavy atom. The first-order valence-electron chi connectivity index (χ1n) is 10.3. The summed E-state index contributed by atoms with van der Waals surface area (Å²) in [6, 6.07) is 12.4. The van der Waals surface area contributed by atoms with Crippen LogP contribution in [0.1, 0.15) is 28.9 Å². The van der Waals surface area contributed by atoms with Gasteiger partial charge in [-0.1, -0.05) is 30.3 Å². The Labute approximate surface area is 167 Å². The van der Waals surface area contributed by atoms with Crippen LogP contribution in [-0.2, 0) is 6.42 Å². The predicted octanol–water partition coefficient (Wildman–Crippen LogP) is 2.32. The van der Waals surface area contributed by atoms with Crippen LogP contribution in [-0.4, -0.2) is 72.0 Å². The Hall–Kier alpha value is -2.47. The van der Waals surface area contributed by atoms with Crippen molar-refractivity contribution in [2.24, 2.45) is 5.92 Å². The van der Waals surface area contributed by atoms with Crippen molar-refractivity contribution in [3.8, 4) is 0 Å². The van der Waals surface area contributed by atoms with Gasteiger partial charge in [-0.25, -0.2) is 9.97 Å². The van der Waals surface area contributed by atoms with Crippen LogP contribution in [0.5, 0.6) is 0 Å². The maximum atomic E-state index is 13.0. The molecule has 0 saturated carbocycles. The average Bonchev–Trinajstić information content (AvgIpc) is 2.75. The maximum absolute atomic E-state index is 13.0. The Kier molecular flexibility index (Phi) is 5.86. The summed E-state index contributed by atoms with van der Waals surface area (Å²) in [5.74, 6) is 1.37. The van der Waals surface area contributed by atoms with Gasteiger partial charge in [0.1, 0.15) is 5.69 Å². The monoisotopic (exact) mass is 379 g/mol. The molecular weight excluding hydrogens is 350 g/mol. The third kappa shape index (κ3) is 4.50. The van der Waals surface area contributed by atoms with E-state index in [1.807, 2.05) is 4.90 Å². The molecule has 6 heteroatoms. The lowest BCUT2D eigenvalue weighted by Crippen LogP contribution is -2.45. The van der Waals surface area contributed by atoms with Crippen molar-refractivity contribution in [3.63, 3.8) is 0 Å². The van der Waals surface area contributed by atoms with Gasteiger partial charge in [0.2, 0.25) is 5.95 Å². The fourth-order valence-electron chi connectivity index (χ4n) is 4.08. The van der Waals surface area contributed by atoms with Gasteiger partial charge in [-0.2, -0.15) is 0 Å². The number of hydrogen-bond donors (Lipinski definition) is 0. The van der Waals surface area contributed by atoms with Crippen LogP contribution in [0.25, 0.3) is 0 Å². The van der Waals surface area contributed by atoms with Crippen LogP contribution in [0.3, 0.4) is 0 Å². The third-order valence-corrected chi connectivity index (χ3v) is 5.92. The summed E-state index contributed by atoms with van der Waals surface area (Å²) < 4.78 is 0. The highest BCUT2D eigenvalue weighted by molar-refractivity contribution is 5.92. The summed E-state index contributed by atoms with van der Waals surface area (Å²) in [6.07, 6.45) is 4.92. The molecule has 2 aliphatic heterocycles. The molecular formula is C22H29N5O. The number of likely N-dealkylation sites (N-methyl/N-ethyl adjacent to an activating group) is 1. The van der Waals surface area contributed by atoms with Gasteiger partial charge in [0.05, 0.1) is 0 Å². The molecule has 0 N–H and O–H groups in total. The highest BCUT2D eigenvalue weighted by Crippen LogP contribution is 2.23. The Morgan fingerprint density at radius 3 is 2.43 bits per heavy atom. The average molecular weight is 380 g/mol. The molecule has 2 fully saturated rings. The number of rotatable bonds is 4. The number of amides is 1. The zero-order valence-corrected chi connectivity index (χ0v) is 16.6. The van der Waals surface area contributed by atoms with Gasteiger partial charge >= 0.3 is 0 Å². The minimum Gasteiger partial charge on any atom is -0.338 e. The number of anilines is 1. The molecule has 0 spiro atoms. The quantitative estimate of drug-likeness (QED) is 0.816. The topological polar surface area (TPSA) is 52.6 Å². The molecule has 0 atom stereocenters. The number of piperazine rings is 1. The number of hydrogen-bond acceptors (Lipinski definition) is 5. The number of benzene rings is 1. The molecule has 1 aromatic carbocycles. The summed E-state index contributed by atoms with van der Waals surface area (Å²) in [5, 5.41) is 0. The number of carbonyl (C=O) groups excluding carboxylic acids is 1. The van der Waals surface area contributed by atoms with E-state index < -0.39 is 0 Å². The van der Waals surface area contributed by atoms with E-state index in [2.05, 4.69) is 57.1 Å². The second-order valence-corrected chi connectivity index (χ2v) is 7.96. The molecule has 0 bridgehead atoms. The first-order valence-corrected chi connectivity index (χ1v) is 10.3. The van der Waals surface area contributed by atoms with Gasteiger partial charge in [0, 0.05) is 45.5 Å². The first kappa shape index (κ1) is 18.9. The van der Waals surface area contributed by atoms with E-state index in [9.17, 15) is 4.79 Å². The van der Waals surface area contributed by atoms with Gasteiger partial charge in [-0.3, -0.25) is 4.79 Å². The highest BCUT2D eigenvalue weighted by atomic mass is 16.2. The largest absolute Gasteiger partial charge is 0.338 e. The van der Waals surface area contributed by atoms with Crippen LogP contribution < -0.4 is 4.90 Å². The lowest BCUT2D eigenvalue weighted by molar-refractivity contribution is 0.0684. The second kappa shape index (κ2) is 8.69.